The molecule has 6 saturated heterocycles. The molecule has 3 aromatic rings. The fraction of sp³-hybridized carbons (Fsp3) is 0.866. The highest BCUT2D eigenvalue weighted by atomic mass is 16.5. The van der Waals surface area contributed by atoms with E-state index in [4.69, 9.17) is 44.9 Å². The molecule has 14 N–H and O–H groups in total. The first-order chi connectivity index (χ1) is 44.3. The SMILES string of the molecule is CC1(C)CC(Nc2nc(NCCN(CCNc3nc(NC4CC(C)(C)N(O)C(C)(C)C4)nc(NC4CC(C)(C)N(O)C(C)(C)C4)n3)c3nc(NC4CC(C)(C)N(O)C(C)(C)C4)nc(NC4CC(C)(C)N(O)C(C)(C)C4)n3)nc(NC3CC(C)(C)N(O)C(C)(C)C3)n2)CC(C)(C)N1O. The van der Waals surface area contributed by atoms with E-state index in [0.717, 1.165) is 0 Å². The van der Waals surface area contributed by atoms with E-state index in [9.17, 15) is 31.2 Å². The van der Waals surface area contributed by atoms with Crippen LogP contribution in [0.4, 0.5) is 53.5 Å². The van der Waals surface area contributed by atoms with Gasteiger partial charge in [-0.2, -0.15) is 75.2 Å². The second-order valence-electron chi connectivity index (χ2n) is 36.9. The number of anilines is 9. The van der Waals surface area contributed by atoms with E-state index in [1.165, 1.54) is 30.4 Å². The molecule has 0 radical (unpaired) electrons. The highest BCUT2D eigenvalue weighted by molar-refractivity contribution is 5.49. The number of nitrogens with zero attached hydrogens (tertiary/aromatic N) is 16. The summed E-state index contributed by atoms with van der Waals surface area (Å²) in [6.07, 6.45) is 7.39. The molecule has 0 bridgehead atoms. The van der Waals surface area contributed by atoms with Gasteiger partial charge in [0.25, 0.3) is 0 Å². The maximum Gasteiger partial charge on any atom is 0.232 e. The van der Waals surface area contributed by atoms with Crippen molar-refractivity contribution in [3.05, 3.63) is 0 Å². The van der Waals surface area contributed by atoms with E-state index in [2.05, 4.69) is 47.4 Å². The smallest absolute Gasteiger partial charge is 0.232 e. The van der Waals surface area contributed by atoms with Gasteiger partial charge in [0.15, 0.2) is 0 Å². The number of nitrogens with one attached hydrogen (secondary N) is 8. The molecule has 0 atom stereocenters. The van der Waals surface area contributed by atoms with Crippen LogP contribution in [-0.4, -0.2) is 235 Å². The first-order valence-corrected chi connectivity index (χ1v) is 35.3. The number of hydrogen-bond donors (Lipinski definition) is 14. The number of rotatable bonds is 21. The highest BCUT2D eigenvalue weighted by Crippen LogP contribution is 2.44. The monoisotopic (exact) mass is 1360 g/mol. The Morgan fingerprint density at radius 2 is 0.402 bits per heavy atom. The van der Waals surface area contributed by atoms with Crippen LogP contribution in [0, 0.1) is 0 Å². The summed E-state index contributed by atoms with van der Waals surface area (Å²) in [6.45, 7) is 50.0. The highest BCUT2D eigenvalue weighted by Gasteiger charge is 2.51. The number of hydroxylamine groups is 12. The fourth-order valence-corrected chi connectivity index (χ4v) is 18.1. The Balaban J connectivity index is 1.08. The minimum Gasteiger partial charge on any atom is -0.352 e. The first kappa shape index (κ1) is 75.9. The van der Waals surface area contributed by atoms with Gasteiger partial charge in [-0.25, -0.2) is 0 Å². The molecule has 0 aromatic carbocycles. The van der Waals surface area contributed by atoms with Gasteiger partial charge in [0.1, 0.15) is 0 Å². The second kappa shape index (κ2) is 26.6. The quantitative estimate of drug-likeness (QED) is 0.0471. The topological polar surface area (TPSA) is 356 Å². The number of hydrogen-bond acceptors (Lipinski definition) is 30. The molecule has 548 valence electrons. The predicted octanol–water partition coefficient (Wildman–Crippen LogP) is 10.2. The van der Waals surface area contributed by atoms with E-state index < -0.39 is 66.5 Å². The van der Waals surface area contributed by atoms with Gasteiger partial charge in [-0.05, 0) is 243 Å². The van der Waals surface area contributed by atoms with Gasteiger partial charge in [0.05, 0.1) is 0 Å². The maximum atomic E-state index is 11.4. The van der Waals surface area contributed by atoms with Crippen molar-refractivity contribution in [1.29, 1.82) is 0 Å². The Hall–Kier alpha value is -5.25. The molecule has 9 rings (SSSR count). The van der Waals surface area contributed by atoms with Crippen molar-refractivity contribution < 1.29 is 31.2 Å². The maximum absolute atomic E-state index is 11.4. The van der Waals surface area contributed by atoms with Crippen LogP contribution in [-0.2, 0) is 0 Å². The zero-order chi connectivity index (χ0) is 72.0. The molecule has 30 heteroatoms. The van der Waals surface area contributed by atoms with Gasteiger partial charge in [0, 0.05) is 129 Å². The summed E-state index contributed by atoms with van der Waals surface area (Å²) < 4.78 is 0. The molecule has 6 fully saturated rings. The van der Waals surface area contributed by atoms with Gasteiger partial charge in [-0.3, -0.25) is 0 Å². The van der Waals surface area contributed by atoms with Gasteiger partial charge in [-0.1, -0.05) is 0 Å². The number of aromatic nitrogens is 9. The van der Waals surface area contributed by atoms with Crippen molar-refractivity contribution in [2.75, 3.05) is 73.6 Å². The van der Waals surface area contributed by atoms with E-state index in [1.807, 2.05) is 166 Å². The molecular weight excluding hydrogens is 1240 g/mol. The first-order valence-electron chi connectivity index (χ1n) is 35.3. The van der Waals surface area contributed by atoms with E-state index >= 15 is 0 Å². The van der Waals surface area contributed by atoms with Crippen LogP contribution >= 0.6 is 0 Å². The van der Waals surface area contributed by atoms with Gasteiger partial charge < -0.3 is 78.7 Å². The summed E-state index contributed by atoms with van der Waals surface area (Å²) in [5, 5.41) is 106. The summed E-state index contributed by atoms with van der Waals surface area (Å²) >= 11 is 0. The molecule has 9 heterocycles. The van der Waals surface area contributed by atoms with Gasteiger partial charge in [0.2, 0.25) is 53.5 Å². The lowest BCUT2D eigenvalue weighted by Crippen LogP contribution is -2.61. The standard InChI is InChI=1S/C67H124N24O6/c1-56(2)29-41(30-57(3,4)86(56)92)70-49-76-47(77-50(80-49)71-42-31-58(5,6)87(93)59(7,8)32-42)68-25-27-85(55-83-53(74-45-37-64(17,18)90(96)65(19,20)38-45)82-54(84-55)75-46-39-66(21,22)91(97)67(23,24)40-46)28-26-69-48-78-51(72-43-33-60(9,10)88(94)61(11,12)34-43)81-52(79-48)73-44-35-62(13,14)89(95)63(15,16)36-44/h41-46,92-97H,25-40H2,1-24H3,(H2,74,75,82,83,84)(H3,68,70,71,76,77,80)(H3,69,72,73,78,79,81). The summed E-state index contributed by atoms with van der Waals surface area (Å²) in [5.41, 5.74) is -6.62. The molecule has 6 aliphatic heterocycles. The largest absolute Gasteiger partial charge is 0.352 e. The molecule has 30 nitrogen and oxygen atoms in total. The van der Waals surface area contributed by atoms with Crippen molar-refractivity contribution in [2.24, 2.45) is 0 Å². The average molecular weight is 1360 g/mol. The van der Waals surface area contributed by atoms with Crippen molar-refractivity contribution in [3.63, 3.8) is 0 Å². The van der Waals surface area contributed by atoms with Gasteiger partial charge in [-0.15, -0.1) is 0 Å². The minimum atomic E-state index is -0.572. The molecule has 0 amide bonds. The van der Waals surface area contributed by atoms with Crippen LogP contribution in [0.15, 0.2) is 0 Å². The van der Waals surface area contributed by atoms with E-state index in [-0.39, 0.29) is 36.3 Å². The van der Waals surface area contributed by atoms with E-state index in [0.29, 0.717) is 157 Å². The molecule has 0 saturated carbocycles. The molecule has 0 unspecified atom stereocenters. The predicted molar refractivity (Wildman–Crippen MR) is 379 cm³/mol. The Morgan fingerprint density at radius 3 is 0.567 bits per heavy atom. The molecule has 6 aliphatic rings. The molecule has 3 aromatic heterocycles. The van der Waals surface area contributed by atoms with Crippen LogP contribution in [0.2, 0.25) is 0 Å². The molecule has 0 aliphatic carbocycles. The lowest BCUT2D eigenvalue weighted by Gasteiger charge is -2.51. The third-order valence-corrected chi connectivity index (χ3v) is 21.3. The molecular formula is C67H124N24O6. The van der Waals surface area contributed by atoms with E-state index in [1.54, 1.807) is 0 Å². The van der Waals surface area contributed by atoms with Crippen molar-refractivity contribution in [1.82, 2.24) is 75.2 Å². The second-order valence-corrected chi connectivity index (χ2v) is 36.9. The zero-order valence-corrected chi connectivity index (χ0v) is 63.1. The van der Waals surface area contributed by atoms with Crippen molar-refractivity contribution in [2.45, 2.75) is 346 Å². The Morgan fingerprint density at radius 1 is 0.258 bits per heavy atom. The minimum absolute atomic E-state index is 0.0910. The Labute approximate surface area is 577 Å². The lowest BCUT2D eigenvalue weighted by atomic mass is 9.79. The third kappa shape index (κ3) is 17.4. The summed E-state index contributed by atoms with van der Waals surface area (Å²) in [7, 11) is 0. The number of piperidine rings is 6. The Bertz CT molecular complexity index is 2800. The summed E-state index contributed by atoms with van der Waals surface area (Å²) in [6, 6.07) is -0.621. The third-order valence-electron chi connectivity index (χ3n) is 21.3. The average Bonchev–Trinajstić information content (AvgIpc) is 0.802. The molecule has 97 heavy (non-hydrogen) atoms. The zero-order valence-electron chi connectivity index (χ0n) is 63.1. The molecule has 0 spiro atoms. The lowest BCUT2D eigenvalue weighted by molar-refractivity contribution is -0.243. The summed E-state index contributed by atoms with van der Waals surface area (Å²) in [5.74, 6) is 3.26. The normalized spacial score (nSPS) is 26.2. The van der Waals surface area contributed by atoms with Crippen LogP contribution in [0.3, 0.4) is 0 Å². The van der Waals surface area contributed by atoms with Crippen molar-refractivity contribution >= 4 is 53.5 Å². The van der Waals surface area contributed by atoms with Gasteiger partial charge >= 0.3 is 0 Å². The van der Waals surface area contributed by atoms with Crippen molar-refractivity contribution in [3.8, 4) is 0 Å². The summed E-state index contributed by atoms with van der Waals surface area (Å²) in [4.78, 5) is 47.8. The van der Waals surface area contributed by atoms with Crippen LogP contribution in [0.1, 0.15) is 243 Å². The fourth-order valence-electron chi connectivity index (χ4n) is 18.1. The van der Waals surface area contributed by atoms with Crippen LogP contribution in [0.5, 0.6) is 0 Å². The Kier molecular flexibility index (Phi) is 20.8. The van der Waals surface area contributed by atoms with Crippen LogP contribution in [0.25, 0.3) is 0 Å². The van der Waals surface area contributed by atoms with Crippen LogP contribution < -0.4 is 47.4 Å².